The molecule has 1 aliphatic rings. The molecular formula is C31H28N10. The summed E-state index contributed by atoms with van der Waals surface area (Å²) < 4.78 is 1.60. The predicted molar refractivity (Wildman–Crippen MR) is 159 cm³/mol. The Morgan fingerprint density at radius 3 is 1.63 bits per heavy atom. The molecule has 0 bridgehead atoms. The van der Waals surface area contributed by atoms with Crippen molar-refractivity contribution in [3.05, 3.63) is 99.7 Å². The summed E-state index contributed by atoms with van der Waals surface area (Å²) in [6.45, 7) is 12.3. The minimum absolute atomic E-state index is 0.492. The fourth-order valence-corrected chi connectivity index (χ4v) is 5.66. The van der Waals surface area contributed by atoms with Crippen LogP contribution in [0, 0.1) is 41.5 Å². The van der Waals surface area contributed by atoms with E-state index in [0.717, 1.165) is 56.0 Å². The Kier molecular flexibility index (Phi) is 5.53. The van der Waals surface area contributed by atoms with Crippen LogP contribution in [0.1, 0.15) is 33.8 Å². The number of benzene rings is 2. The molecule has 10 nitrogen and oxygen atoms in total. The highest BCUT2D eigenvalue weighted by molar-refractivity contribution is 5.94. The summed E-state index contributed by atoms with van der Waals surface area (Å²) in [4.78, 5) is 28.1. The van der Waals surface area contributed by atoms with Crippen molar-refractivity contribution < 1.29 is 0 Å². The molecule has 0 spiro atoms. The van der Waals surface area contributed by atoms with Crippen molar-refractivity contribution in [1.29, 1.82) is 0 Å². The topological polar surface area (TPSA) is 101 Å². The molecule has 2 aromatic carbocycles. The summed E-state index contributed by atoms with van der Waals surface area (Å²) in [6, 6.07) is 12.6. The van der Waals surface area contributed by atoms with E-state index >= 15 is 0 Å². The van der Waals surface area contributed by atoms with Crippen LogP contribution in [-0.2, 0) is 0 Å². The van der Waals surface area contributed by atoms with Gasteiger partial charge in [-0.25, -0.2) is 24.9 Å². The second-order valence-corrected chi connectivity index (χ2v) is 10.4. The number of para-hydroxylation sites is 2. The highest BCUT2D eigenvalue weighted by Gasteiger charge is 2.39. The Hall–Kier alpha value is -5.25. The summed E-state index contributed by atoms with van der Waals surface area (Å²) in [5.74, 6) is 2.94. The van der Waals surface area contributed by atoms with E-state index in [1.54, 1.807) is 17.0 Å². The van der Waals surface area contributed by atoms with Gasteiger partial charge in [0.2, 0.25) is 0 Å². The SMILES string of the molecule is Cc1nc2/c(=C\C=C3N(c4c(C)cccc4C)c4nc5nccnc5nc4N3c3c(C)cccc3C)c(C)nn2n1. The smallest absolute Gasteiger partial charge is 0.199 e. The normalized spacial score (nSPS) is 13.6. The monoisotopic (exact) mass is 540 g/mol. The molecule has 5 heterocycles. The Labute approximate surface area is 236 Å². The molecule has 10 heteroatoms. The molecular weight excluding hydrogens is 512 g/mol. The van der Waals surface area contributed by atoms with Gasteiger partial charge in [-0.15, -0.1) is 9.73 Å². The first-order valence-corrected chi connectivity index (χ1v) is 13.4. The number of rotatable bonds is 3. The van der Waals surface area contributed by atoms with Gasteiger partial charge in [0.25, 0.3) is 0 Å². The Balaban J connectivity index is 1.60. The first-order chi connectivity index (χ1) is 19.8. The molecule has 4 aromatic heterocycles. The van der Waals surface area contributed by atoms with Gasteiger partial charge in [0.15, 0.2) is 28.6 Å². The van der Waals surface area contributed by atoms with Crippen molar-refractivity contribution in [3.63, 3.8) is 0 Å². The lowest BCUT2D eigenvalue weighted by Crippen LogP contribution is -2.24. The van der Waals surface area contributed by atoms with Gasteiger partial charge >= 0.3 is 0 Å². The molecule has 0 saturated carbocycles. The number of hydrogen-bond acceptors (Lipinski definition) is 9. The number of nitrogens with zero attached hydrogens (tertiary/aromatic N) is 10. The zero-order valence-electron chi connectivity index (χ0n) is 23.7. The van der Waals surface area contributed by atoms with Crippen LogP contribution in [-0.4, -0.2) is 39.7 Å². The zero-order chi connectivity index (χ0) is 28.4. The molecule has 0 N–H and O–H groups in total. The fraction of sp³-hybridized carbons (Fsp3) is 0.194. The van der Waals surface area contributed by atoms with Gasteiger partial charge in [-0.3, -0.25) is 9.80 Å². The number of allylic oxidation sites excluding steroid dienone is 1. The van der Waals surface area contributed by atoms with E-state index in [0.29, 0.717) is 28.8 Å². The maximum Gasteiger partial charge on any atom is 0.199 e. The summed E-state index contributed by atoms with van der Waals surface area (Å²) in [7, 11) is 0. The van der Waals surface area contributed by atoms with E-state index in [-0.39, 0.29) is 0 Å². The molecule has 6 aromatic rings. The van der Waals surface area contributed by atoms with Crippen molar-refractivity contribution in [2.75, 3.05) is 9.80 Å². The molecule has 41 heavy (non-hydrogen) atoms. The van der Waals surface area contributed by atoms with E-state index in [4.69, 9.17) is 9.97 Å². The third-order valence-corrected chi connectivity index (χ3v) is 7.46. The van der Waals surface area contributed by atoms with Crippen LogP contribution < -0.4 is 15.0 Å². The standard InChI is InChI=1S/C31H28N10/c1-17-9-7-10-18(2)25(17)39-24(14-13-23-21(5)37-41-29(23)34-22(6)38-41)40(26-19(3)11-8-12-20(26)4)31-30(39)35-27-28(36-31)33-16-15-32-27/h7-16H,1-6H3/b23-13-. The quantitative estimate of drug-likeness (QED) is 0.306. The zero-order valence-corrected chi connectivity index (χ0v) is 23.7. The molecule has 1 aliphatic heterocycles. The van der Waals surface area contributed by atoms with Crippen LogP contribution in [0.4, 0.5) is 23.0 Å². The molecule has 0 atom stereocenters. The number of aromatic nitrogens is 8. The molecule has 202 valence electrons. The minimum Gasteiger partial charge on any atom is -0.276 e. The van der Waals surface area contributed by atoms with E-state index in [9.17, 15) is 0 Å². The van der Waals surface area contributed by atoms with E-state index < -0.39 is 0 Å². The van der Waals surface area contributed by atoms with Crippen LogP contribution in [0.3, 0.4) is 0 Å². The maximum atomic E-state index is 5.05. The Morgan fingerprint density at radius 1 is 0.610 bits per heavy atom. The average Bonchev–Trinajstić information content (AvgIpc) is 3.54. The average molecular weight is 541 g/mol. The molecule has 0 saturated heterocycles. The maximum absolute atomic E-state index is 5.05. The number of aryl methyl sites for hydroxylation is 6. The lowest BCUT2D eigenvalue weighted by molar-refractivity contribution is 0.793. The van der Waals surface area contributed by atoms with E-state index in [1.807, 2.05) is 13.8 Å². The lowest BCUT2D eigenvalue weighted by atomic mass is 10.1. The number of hydrogen-bond donors (Lipinski definition) is 0. The molecule has 0 amide bonds. The Morgan fingerprint density at radius 2 is 1.12 bits per heavy atom. The van der Waals surface area contributed by atoms with Crippen molar-refractivity contribution in [3.8, 4) is 0 Å². The molecule has 0 fully saturated rings. The van der Waals surface area contributed by atoms with Gasteiger partial charge in [-0.1, -0.05) is 36.4 Å². The van der Waals surface area contributed by atoms with Gasteiger partial charge in [0.1, 0.15) is 11.6 Å². The third kappa shape index (κ3) is 3.82. The van der Waals surface area contributed by atoms with Crippen LogP contribution >= 0.6 is 0 Å². The third-order valence-electron chi connectivity index (χ3n) is 7.46. The van der Waals surface area contributed by atoms with Gasteiger partial charge in [0.05, 0.1) is 17.1 Å². The van der Waals surface area contributed by atoms with Crippen LogP contribution in [0.5, 0.6) is 0 Å². The van der Waals surface area contributed by atoms with Crippen molar-refractivity contribution >= 4 is 46.0 Å². The Bertz CT molecular complexity index is 1950. The summed E-state index contributed by atoms with van der Waals surface area (Å²) in [5, 5.41) is 9.90. The van der Waals surface area contributed by atoms with E-state index in [2.05, 4.69) is 111 Å². The van der Waals surface area contributed by atoms with Crippen LogP contribution in [0.2, 0.25) is 0 Å². The highest BCUT2D eigenvalue weighted by atomic mass is 15.5. The summed E-state index contributed by atoms with van der Waals surface area (Å²) >= 11 is 0. The lowest BCUT2D eigenvalue weighted by Gasteiger charge is -2.28. The van der Waals surface area contributed by atoms with E-state index in [1.165, 1.54) is 0 Å². The summed E-state index contributed by atoms with van der Waals surface area (Å²) in [5.41, 5.74) is 9.11. The van der Waals surface area contributed by atoms with Gasteiger partial charge < -0.3 is 0 Å². The van der Waals surface area contributed by atoms with Gasteiger partial charge in [-0.05, 0) is 75.9 Å². The van der Waals surface area contributed by atoms with Crippen LogP contribution in [0.15, 0.2) is 60.7 Å². The second-order valence-electron chi connectivity index (χ2n) is 10.4. The molecule has 0 aliphatic carbocycles. The summed E-state index contributed by atoms with van der Waals surface area (Å²) in [6.07, 6.45) is 7.45. The predicted octanol–water partition coefficient (Wildman–Crippen LogP) is 5.04. The van der Waals surface area contributed by atoms with Gasteiger partial charge in [0, 0.05) is 17.6 Å². The van der Waals surface area contributed by atoms with Crippen molar-refractivity contribution in [2.45, 2.75) is 41.5 Å². The van der Waals surface area contributed by atoms with Gasteiger partial charge in [-0.2, -0.15) is 5.10 Å². The van der Waals surface area contributed by atoms with Crippen LogP contribution in [0.25, 0.3) is 23.0 Å². The first kappa shape index (κ1) is 24.8. The second kappa shape index (κ2) is 9.16. The molecule has 0 unspecified atom stereocenters. The van der Waals surface area contributed by atoms with Crippen molar-refractivity contribution in [1.82, 2.24) is 39.7 Å². The van der Waals surface area contributed by atoms with Crippen molar-refractivity contribution in [2.24, 2.45) is 0 Å². The number of fused-ring (bicyclic) bond motifs is 3. The highest BCUT2D eigenvalue weighted by Crippen LogP contribution is 2.50. The first-order valence-electron chi connectivity index (χ1n) is 13.4. The number of anilines is 4. The minimum atomic E-state index is 0.492. The fourth-order valence-electron chi connectivity index (χ4n) is 5.66. The molecule has 7 rings (SSSR count). The largest absolute Gasteiger partial charge is 0.276 e. The molecule has 0 radical (unpaired) electrons.